The second-order valence-electron chi connectivity index (χ2n) is 32.1. The van der Waals surface area contributed by atoms with Crippen molar-refractivity contribution in [3.8, 4) is 0 Å². The lowest BCUT2D eigenvalue weighted by Gasteiger charge is -2.21. The smallest absolute Gasteiger partial charge is 0.462 e. The Kier molecular flexibility index (Phi) is 74.7. The Hall–Kier alpha value is -1.94. The summed E-state index contributed by atoms with van der Waals surface area (Å²) in [5.74, 6) is 0.307. The van der Waals surface area contributed by atoms with Crippen LogP contribution in [0.15, 0.2) is 0 Å². The molecule has 0 saturated heterocycles. The van der Waals surface area contributed by atoms with Crippen LogP contribution in [0.1, 0.15) is 453 Å². The number of hydrogen-bond acceptors (Lipinski definition) is 15. The Morgan fingerprint density at radius 2 is 0.486 bits per heavy atom. The predicted molar refractivity (Wildman–Crippen MR) is 432 cm³/mol. The van der Waals surface area contributed by atoms with Crippen molar-refractivity contribution in [3.05, 3.63) is 0 Å². The molecule has 0 aromatic carbocycles. The van der Waals surface area contributed by atoms with Crippen molar-refractivity contribution in [2.24, 2.45) is 17.8 Å². The summed E-state index contributed by atoms with van der Waals surface area (Å²) >= 11 is 0. The molecule has 19 heteroatoms. The van der Waals surface area contributed by atoms with E-state index >= 15 is 0 Å². The zero-order valence-corrected chi connectivity index (χ0v) is 71.0. The minimum absolute atomic E-state index is 0.105. The monoisotopic (exact) mass is 1540 g/mol. The van der Waals surface area contributed by atoms with E-state index < -0.39 is 97.5 Å². The third-order valence-electron chi connectivity index (χ3n) is 20.5. The fourth-order valence-electron chi connectivity index (χ4n) is 13.3. The van der Waals surface area contributed by atoms with E-state index in [9.17, 15) is 43.2 Å². The fourth-order valence-corrected chi connectivity index (χ4v) is 14.9. The molecule has 0 bridgehead atoms. The Bertz CT molecular complexity index is 2030. The summed E-state index contributed by atoms with van der Waals surface area (Å²) in [5, 5.41) is 10.7. The molecule has 0 fully saturated rings. The van der Waals surface area contributed by atoms with Gasteiger partial charge in [0.15, 0.2) is 12.2 Å². The molecule has 0 aliphatic rings. The molecule has 6 atom stereocenters. The molecule has 0 saturated carbocycles. The molecule has 0 heterocycles. The minimum Gasteiger partial charge on any atom is -0.462 e. The predicted octanol–water partition coefficient (Wildman–Crippen LogP) is 26.1. The highest BCUT2D eigenvalue weighted by molar-refractivity contribution is 7.47. The largest absolute Gasteiger partial charge is 0.472 e. The molecule has 3 unspecified atom stereocenters. The van der Waals surface area contributed by atoms with E-state index in [2.05, 4.69) is 48.5 Å². The van der Waals surface area contributed by atoms with Crippen molar-refractivity contribution >= 4 is 39.5 Å². The number of aliphatic hydroxyl groups excluding tert-OH is 1. The fraction of sp³-hybridized carbons (Fsp3) is 0.953. The maximum atomic E-state index is 13.1. The average molecular weight is 1540 g/mol. The van der Waals surface area contributed by atoms with Crippen LogP contribution in [0, 0.1) is 17.8 Å². The third-order valence-corrected chi connectivity index (χ3v) is 22.4. The first kappa shape index (κ1) is 103. The Labute approximate surface area is 645 Å². The summed E-state index contributed by atoms with van der Waals surface area (Å²) in [4.78, 5) is 73.2. The van der Waals surface area contributed by atoms with Gasteiger partial charge in [0.05, 0.1) is 26.4 Å². The van der Waals surface area contributed by atoms with Crippen LogP contribution < -0.4 is 0 Å². The maximum absolute atomic E-state index is 13.1. The number of ether oxygens (including phenoxy) is 4. The van der Waals surface area contributed by atoms with Gasteiger partial charge in [-0.05, 0) is 43.4 Å². The lowest BCUT2D eigenvalue weighted by atomic mass is 9.99. The van der Waals surface area contributed by atoms with E-state index in [1.165, 1.54) is 263 Å². The van der Waals surface area contributed by atoms with Gasteiger partial charge in [0.1, 0.15) is 19.3 Å². The number of aliphatic hydroxyl groups is 1. The van der Waals surface area contributed by atoms with Crippen molar-refractivity contribution in [3.63, 3.8) is 0 Å². The lowest BCUT2D eigenvalue weighted by Crippen LogP contribution is -2.30. The molecule has 0 aromatic rings. The normalized spacial score (nSPS) is 14.1. The highest BCUT2D eigenvalue weighted by Gasteiger charge is 2.30. The van der Waals surface area contributed by atoms with Crippen LogP contribution >= 0.6 is 15.6 Å². The maximum Gasteiger partial charge on any atom is 0.472 e. The van der Waals surface area contributed by atoms with Gasteiger partial charge in [0.2, 0.25) is 0 Å². The molecular formula is C86H168O17P2. The van der Waals surface area contributed by atoms with E-state index in [0.29, 0.717) is 25.7 Å². The summed E-state index contributed by atoms with van der Waals surface area (Å²) in [5.41, 5.74) is 0. The molecule has 0 aliphatic carbocycles. The second-order valence-corrected chi connectivity index (χ2v) is 35.0. The van der Waals surface area contributed by atoms with Gasteiger partial charge in [-0.15, -0.1) is 0 Å². The topological polar surface area (TPSA) is 237 Å². The molecule has 624 valence electrons. The van der Waals surface area contributed by atoms with E-state index in [4.69, 9.17) is 37.0 Å². The summed E-state index contributed by atoms with van der Waals surface area (Å²) in [7, 11) is -9.93. The molecule has 0 radical (unpaired) electrons. The van der Waals surface area contributed by atoms with Crippen LogP contribution in [-0.2, 0) is 65.4 Å². The minimum atomic E-state index is -4.97. The quantitative estimate of drug-likeness (QED) is 0.0222. The highest BCUT2D eigenvalue weighted by atomic mass is 31.2. The average Bonchev–Trinajstić information content (AvgIpc) is 0.976. The standard InChI is InChI=1S/C86H168O17P2/c1-8-10-11-12-13-14-31-38-46-53-60-67-83(88)96-74-82(103-86(91)70-63-56-49-42-41-45-52-59-66-79(7)9-2)76-101-105(94,95)99-72-80(87)71-98-104(92,93)100-75-81(102-85(90)69-62-55-48-40-35-30-26-22-18-16-20-24-28-33-37-44-51-58-65-78(5)6)73-97-84(89)68-61-54-47-39-34-29-25-21-17-15-19-23-27-32-36-43-50-57-64-77(3)4/h77-82,87H,8-76H2,1-7H3,(H,92,93)(H,94,95)/t79?,80-,81-,82-/m1/s1. The number of carbonyl (C=O) groups is 4. The third kappa shape index (κ3) is 78.5. The Balaban J connectivity index is 5.21. The van der Waals surface area contributed by atoms with Gasteiger partial charge in [-0.2, -0.15) is 0 Å². The van der Waals surface area contributed by atoms with Crippen molar-refractivity contribution in [1.82, 2.24) is 0 Å². The molecule has 0 spiro atoms. The molecule has 0 amide bonds. The number of carbonyl (C=O) groups excluding carboxylic acids is 4. The van der Waals surface area contributed by atoms with Crippen molar-refractivity contribution in [1.29, 1.82) is 0 Å². The first-order valence-electron chi connectivity index (χ1n) is 44.4. The second kappa shape index (κ2) is 76.1. The number of rotatable bonds is 84. The van der Waals surface area contributed by atoms with Crippen LogP contribution in [0.25, 0.3) is 0 Å². The van der Waals surface area contributed by atoms with E-state index in [1.807, 2.05) is 0 Å². The Morgan fingerprint density at radius 3 is 0.724 bits per heavy atom. The molecular weight excluding hydrogens is 1370 g/mol. The summed E-state index contributed by atoms with van der Waals surface area (Å²) in [6, 6.07) is 0. The number of phosphoric ester groups is 2. The molecule has 3 N–H and O–H groups in total. The lowest BCUT2D eigenvalue weighted by molar-refractivity contribution is -0.161. The number of esters is 4. The summed E-state index contributed by atoms with van der Waals surface area (Å²) < 4.78 is 68.8. The van der Waals surface area contributed by atoms with Crippen LogP contribution in [0.4, 0.5) is 0 Å². The molecule has 0 aromatic heterocycles. The first-order valence-corrected chi connectivity index (χ1v) is 47.4. The molecule has 105 heavy (non-hydrogen) atoms. The van der Waals surface area contributed by atoms with Gasteiger partial charge >= 0.3 is 39.5 Å². The van der Waals surface area contributed by atoms with Gasteiger partial charge in [0, 0.05) is 25.7 Å². The van der Waals surface area contributed by atoms with Crippen LogP contribution in [0.5, 0.6) is 0 Å². The van der Waals surface area contributed by atoms with Gasteiger partial charge in [0.25, 0.3) is 0 Å². The molecule has 0 rings (SSSR count). The zero-order valence-electron chi connectivity index (χ0n) is 69.2. The number of phosphoric acid groups is 2. The number of hydrogen-bond donors (Lipinski definition) is 3. The van der Waals surface area contributed by atoms with E-state index in [0.717, 1.165) is 108 Å². The first-order chi connectivity index (χ1) is 50.8. The Morgan fingerprint density at radius 1 is 0.276 bits per heavy atom. The van der Waals surface area contributed by atoms with Crippen LogP contribution in [0.3, 0.4) is 0 Å². The molecule has 17 nitrogen and oxygen atoms in total. The van der Waals surface area contributed by atoms with Crippen LogP contribution in [-0.4, -0.2) is 96.7 Å². The van der Waals surface area contributed by atoms with Gasteiger partial charge < -0.3 is 33.8 Å². The van der Waals surface area contributed by atoms with Gasteiger partial charge in [-0.25, -0.2) is 9.13 Å². The number of unbranched alkanes of at least 4 members (excludes halogenated alkanes) is 51. The van der Waals surface area contributed by atoms with Crippen molar-refractivity contribution < 1.29 is 80.2 Å². The molecule has 0 aliphatic heterocycles. The summed E-state index contributed by atoms with van der Waals surface area (Å²) in [6.45, 7) is 12.0. The van der Waals surface area contributed by atoms with Crippen molar-refractivity contribution in [2.75, 3.05) is 39.6 Å². The van der Waals surface area contributed by atoms with Gasteiger partial charge in [-0.3, -0.25) is 37.3 Å². The van der Waals surface area contributed by atoms with Crippen LogP contribution in [0.2, 0.25) is 0 Å². The van der Waals surface area contributed by atoms with Crippen molar-refractivity contribution in [2.45, 2.75) is 471 Å². The van der Waals surface area contributed by atoms with Gasteiger partial charge in [-0.1, -0.05) is 402 Å². The SMILES string of the molecule is CCCCCCCCCCCCCC(=O)OC[C@H](COP(=O)(O)OC[C@H](O)COP(=O)(O)OC[C@@H](COC(=O)CCCCCCCCCCCCCCCCCCCCC(C)C)OC(=O)CCCCCCCCCCCCCCCCCCCCC(C)C)OC(=O)CCCCCCCCCCC(C)CC. The highest BCUT2D eigenvalue weighted by Crippen LogP contribution is 2.45. The summed E-state index contributed by atoms with van der Waals surface area (Å²) in [6.07, 6.45) is 66.7. The zero-order chi connectivity index (χ0) is 77.2. The van der Waals surface area contributed by atoms with E-state index in [-0.39, 0.29) is 25.7 Å². The van der Waals surface area contributed by atoms with E-state index in [1.54, 1.807) is 0 Å².